The van der Waals surface area contributed by atoms with Crippen LogP contribution in [-0.4, -0.2) is 80.7 Å². The zero-order valence-electron chi connectivity index (χ0n) is 16.3. The van der Waals surface area contributed by atoms with Crippen molar-refractivity contribution >= 4 is 0 Å². The van der Waals surface area contributed by atoms with Crippen LogP contribution < -0.4 is 9.47 Å². The van der Waals surface area contributed by atoms with Crippen molar-refractivity contribution in [3.63, 3.8) is 0 Å². The molecule has 0 amide bonds. The highest BCUT2D eigenvalue weighted by molar-refractivity contribution is 5.43. The Kier molecular flexibility index (Phi) is 6.18. The van der Waals surface area contributed by atoms with Crippen LogP contribution in [0.4, 0.5) is 0 Å². The average molecular weight is 376 g/mol. The summed E-state index contributed by atoms with van der Waals surface area (Å²) >= 11 is 0. The molecule has 3 heterocycles. The van der Waals surface area contributed by atoms with Gasteiger partial charge in [0.15, 0.2) is 11.5 Å². The molecule has 150 valence electrons. The molecule has 3 aliphatic heterocycles. The van der Waals surface area contributed by atoms with Crippen molar-refractivity contribution in [1.29, 1.82) is 0 Å². The molecule has 1 unspecified atom stereocenters. The van der Waals surface area contributed by atoms with Gasteiger partial charge in [-0.15, -0.1) is 0 Å². The first-order valence-electron chi connectivity index (χ1n) is 10.2. The third kappa shape index (κ3) is 4.74. The van der Waals surface area contributed by atoms with E-state index in [9.17, 15) is 5.11 Å². The summed E-state index contributed by atoms with van der Waals surface area (Å²) in [6.07, 6.45) is 1.98. The second-order valence-electron chi connectivity index (χ2n) is 8.21. The van der Waals surface area contributed by atoms with E-state index in [1.54, 1.807) is 7.11 Å². The number of aliphatic hydroxyl groups is 1. The van der Waals surface area contributed by atoms with Crippen LogP contribution in [-0.2, 0) is 11.3 Å². The lowest BCUT2D eigenvalue weighted by Gasteiger charge is -2.21. The molecular formula is C21H32N2O4. The number of hydrogen-bond donors (Lipinski definition) is 1. The minimum atomic E-state index is -0.477. The summed E-state index contributed by atoms with van der Waals surface area (Å²) in [5.41, 5.74) is 1.22. The van der Waals surface area contributed by atoms with Crippen LogP contribution >= 0.6 is 0 Å². The largest absolute Gasteiger partial charge is 0.493 e. The zero-order chi connectivity index (χ0) is 18.6. The molecular weight excluding hydrogens is 344 g/mol. The molecule has 0 bridgehead atoms. The van der Waals surface area contributed by atoms with Gasteiger partial charge in [0, 0.05) is 38.0 Å². The average Bonchev–Trinajstić information content (AvgIpc) is 3.38. The molecule has 6 nitrogen and oxygen atoms in total. The first-order chi connectivity index (χ1) is 13.2. The minimum absolute atomic E-state index is 0.293. The molecule has 6 heteroatoms. The first kappa shape index (κ1) is 19.0. The molecule has 1 aromatic carbocycles. The van der Waals surface area contributed by atoms with E-state index in [1.807, 2.05) is 6.07 Å². The fraction of sp³-hybridized carbons (Fsp3) is 0.714. The molecule has 1 aromatic rings. The van der Waals surface area contributed by atoms with Gasteiger partial charge in [0.05, 0.1) is 20.3 Å². The summed E-state index contributed by atoms with van der Waals surface area (Å²) in [4.78, 5) is 4.81. The predicted octanol–water partition coefficient (Wildman–Crippen LogP) is 1.61. The van der Waals surface area contributed by atoms with E-state index in [4.69, 9.17) is 14.2 Å². The standard InChI is InChI=1S/C21H32N2O4/c1-25-20-5-4-16(9-23-10-17-13-26-14-18(17)11-23)8-21(20)27-15-19(24)12-22-6-2-3-7-22/h4-5,8,17-19,24H,2-3,6-7,9-15H2,1H3/t17-,18+,19?. The van der Waals surface area contributed by atoms with Crippen molar-refractivity contribution in [2.75, 3.05) is 59.7 Å². The summed E-state index contributed by atoms with van der Waals surface area (Å²) in [6.45, 7) is 8.10. The maximum absolute atomic E-state index is 10.3. The Morgan fingerprint density at radius 1 is 1.11 bits per heavy atom. The van der Waals surface area contributed by atoms with E-state index in [0.29, 0.717) is 25.0 Å². The molecule has 3 saturated heterocycles. The van der Waals surface area contributed by atoms with E-state index in [1.165, 1.54) is 18.4 Å². The van der Waals surface area contributed by atoms with Crippen molar-refractivity contribution in [3.8, 4) is 11.5 Å². The highest BCUT2D eigenvalue weighted by Gasteiger charge is 2.36. The number of nitrogens with zero attached hydrogens (tertiary/aromatic N) is 2. The van der Waals surface area contributed by atoms with Gasteiger partial charge in [0.1, 0.15) is 12.7 Å². The van der Waals surface area contributed by atoms with Crippen molar-refractivity contribution in [1.82, 2.24) is 9.80 Å². The Morgan fingerprint density at radius 2 is 1.85 bits per heavy atom. The van der Waals surface area contributed by atoms with Gasteiger partial charge in [-0.25, -0.2) is 0 Å². The smallest absolute Gasteiger partial charge is 0.161 e. The van der Waals surface area contributed by atoms with E-state index in [2.05, 4.69) is 21.9 Å². The molecule has 0 aliphatic carbocycles. The van der Waals surface area contributed by atoms with Gasteiger partial charge < -0.3 is 24.2 Å². The van der Waals surface area contributed by atoms with Crippen LogP contribution in [0.15, 0.2) is 18.2 Å². The molecule has 0 saturated carbocycles. The number of benzene rings is 1. The molecule has 0 aromatic heterocycles. The van der Waals surface area contributed by atoms with Crippen molar-refractivity contribution < 1.29 is 19.3 Å². The summed E-state index contributed by atoms with van der Waals surface area (Å²) in [5.74, 6) is 2.83. The lowest BCUT2D eigenvalue weighted by Crippen LogP contribution is -2.33. The molecule has 3 atom stereocenters. The number of hydrogen-bond acceptors (Lipinski definition) is 6. The van der Waals surface area contributed by atoms with Crippen molar-refractivity contribution in [2.24, 2.45) is 11.8 Å². The second kappa shape index (κ2) is 8.78. The van der Waals surface area contributed by atoms with Crippen molar-refractivity contribution in [3.05, 3.63) is 23.8 Å². The van der Waals surface area contributed by atoms with E-state index >= 15 is 0 Å². The molecule has 3 aliphatic rings. The Labute approximate surface area is 162 Å². The SMILES string of the molecule is COc1ccc(CN2C[C@H]3COC[C@H]3C2)cc1OCC(O)CN1CCCC1. The minimum Gasteiger partial charge on any atom is -0.493 e. The predicted molar refractivity (Wildman–Crippen MR) is 103 cm³/mol. The summed E-state index contributed by atoms with van der Waals surface area (Å²) in [5, 5.41) is 10.3. The molecule has 0 radical (unpaired) electrons. The number of ether oxygens (including phenoxy) is 3. The Morgan fingerprint density at radius 3 is 2.56 bits per heavy atom. The van der Waals surface area contributed by atoms with Gasteiger partial charge in [0.25, 0.3) is 0 Å². The lowest BCUT2D eigenvalue weighted by atomic mass is 10.0. The summed E-state index contributed by atoms with van der Waals surface area (Å²) in [7, 11) is 1.66. The van der Waals surface area contributed by atoms with Crippen LogP contribution in [0, 0.1) is 11.8 Å². The monoisotopic (exact) mass is 376 g/mol. The quantitative estimate of drug-likeness (QED) is 0.744. The number of methoxy groups -OCH3 is 1. The van der Waals surface area contributed by atoms with Crippen LogP contribution in [0.2, 0.25) is 0 Å². The Bertz CT molecular complexity index is 608. The maximum Gasteiger partial charge on any atom is 0.161 e. The van der Waals surface area contributed by atoms with Crippen LogP contribution in [0.1, 0.15) is 18.4 Å². The topological polar surface area (TPSA) is 54.4 Å². The molecule has 4 rings (SSSR count). The highest BCUT2D eigenvalue weighted by Crippen LogP contribution is 2.32. The first-order valence-corrected chi connectivity index (χ1v) is 10.2. The zero-order valence-corrected chi connectivity index (χ0v) is 16.3. The van der Waals surface area contributed by atoms with Gasteiger partial charge >= 0.3 is 0 Å². The van der Waals surface area contributed by atoms with Crippen LogP contribution in [0.25, 0.3) is 0 Å². The molecule has 3 fully saturated rings. The third-order valence-electron chi connectivity index (χ3n) is 6.05. The Balaban J connectivity index is 1.32. The van der Waals surface area contributed by atoms with E-state index < -0.39 is 6.10 Å². The molecule has 0 spiro atoms. The van der Waals surface area contributed by atoms with Crippen LogP contribution in [0.5, 0.6) is 11.5 Å². The number of aliphatic hydroxyl groups excluding tert-OH is 1. The van der Waals surface area contributed by atoms with E-state index in [0.717, 1.165) is 57.4 Å². The van der Waals surface area contributed by atoms with Crippen molar-refractivity contribution in [2.45, 2.75) is 25.5 Å². The van der Waals surface area contributed by atoms with Gasteiger partial charge in [-0.05, 0) is 43.6 Å². The lowest BCUT2D eigenvalue weighted by molar-refractivity contribution is 0.0746. The van der Waals surface area contributed by atoms with Gasteiger partial charge in [0.2, 0.25) is 0 Å². The summed E-state index contributed by atoms with van der Waals surface area (Å²) in [6, 6.07) is 6.14. The number of likely N-dealkylation sites (tertiary alicyclic amines) is 2. The number of fused-ring (bicyclic) bond motifs is 1. The van der Waals surface area contributed by atoms with Crippen LogP contribution in [0.3, 0.4) is 0 Å². The van der Waals surface area contributed by atoms with Gasteiger partial charge in [-0.3, -0.25) is 4.90 Å². The normalized spacial score (nSPS) is 27.0. The summed E-state index contributed by atoms with van der Waals surface area (Å²) < 4.78 is 17.0. The van der Waals surface area contributed by atoms with Gasteiger partial charge in [-0.1, -0.05) is 6.07 Å². The molecule has 27 heavy (non-hydrogen) atoms. The fourth-order valence-electron chi connectivity index (χ4n) is 4.61. The number of rotatable bonds is 8. The third-order valence-corrected chi connectivity index (χ3v) is 6.05. The Hall–Kier alpha value is -1.34. The molecule has 1 N–H and O–H groups in total. The second-order valence-corrected chi connectivity index (χ2v) is 8.21. The number of β-amino-alcohol motifs (C(OH)–C–C–N with tert-alkyl or cyclic N) is 1. The van der Waals surface area contributed by atoms with E-state index in [-0.39, 0.29) is 0 Å². The fourth-order valence-corrected chi connectivity index (χ4v) is 4.61. The highest BCUT2D eigenvalue weighted by atomic mass is 16.5. The van der Waals surface area contributed by atoms with Gasteiger partial charge in [-0.2, -0.15) is 0 Å². The maximum atomic E-state index is 10.3.